The monoisotopic (exact) mass is 305 g/mol. The number of nitrogen functional groups attached to an aromatic ring is 1. The highest BCUT2D eigenvalue weighted by molar-refractivity contribution is 7.22. The number of rotatable bonds is 1. The summed E-state index contributed by atoms with van der Waals surface area (Å²) in [6, 6.07) is 5.82. The highest BCUT2D eigenvalue weighted by atomic mass is 35.5. The normalized spacial score (nSPS) is 11.2. The Morgan fingerprint density at radius 2 is 2.10 bits per heavy atom. The Bertz CT molecular complexity index is 882. The summed E-state index contributed by atoms with van der Waals surface area (Å²) >= 11 is 7.52. The van der Waals surface area contributed by atoms with Crippen molar-refractivity contribution < 1.29 is 0 Å². The fourth-order valence-electron chi connectivity index (χ4n) is 2.22. The van der Waals surface area contributed by atoms with E-state index in [-0.39, 0.29) is 11.5 Å². The molecule has 0 spiro atoms. The third-order valence-corrected chi connectivity index (χ3v) is 4.90. The quantitative estimate of drug-likeness (QED) is 0.722. The number of benzene rings is 1. The zero-order valence-corrected chi connectivity index (χ0v) is 12.5. The number of fused-ring (bicyclic) bond motifs is 1. The molecule has 0 aliphatic heterocycles. The van der Waals surface area contributed by atoms with Gasteiger partial charge in [0.1, 0.15) is 4.83 Å². The highest BCUT2D eigenvalue weighted by Gasteiger charge is 2.15. The molecule has 6 heteroatoms. The molecule has 0 saturated carbocycles. The molecular weight excluding hydrogens is 294 g/mol. The van der Waals surface area contributed by atoms with Crippen LogP contribution in [0.1, 0.15) is 11.1 Å². The zero-order chi connectivity index (χ0) is 14.4. The largest absolute Gasteiger partial charge is 0.369 e. The number of thiophene rings is 1. The fraction of sp³-hybridized carbons (Fsp3) is 0.143. The predicted octanol–water partition coefficient (Wildman–Crippen LogP) is 3.50. The maximum absolute atomic E-state index is 12.0. The van der Waals surface area contributed by atoms with Crippen molar-refractivity contribution in [3.8, 4) is 10.4 Å². The lowest BCUT2D eigenvalue weighted by Gasteiger charge is -2.03. The molecule has 0 aliphatic carbocycles. The average Bonchev–Trinajstić information content (AvgIpc) is 2.70. The molecule has 102 valence electrons. The Hall–Kier alpha value is -1.85. The maximum atomic E-state index is 12.0. The summed E-state index contributed by atoms with van der Waals surface area (Å²) in [5, 5.41) is 1.33. The first-order valence-electron chi connectivity index (χ1n) is 6.03. The van der Waals surface area contributed by atoms with E-state index in [1.165, 1.54) is 11.3 Å². The van der Waals surface area contributed by atoms with Gasteiger partial charge < -0.3 is 5.73 Å². The lowest BCUT2D eigenvalue weighted by atomic mass is 10.1. The van der Waals surface area contributed by atoms with E-state index < -0.39 is 0 Å². The van der Waals surface area contributed by atoms with E-state index >= 15 is 0 Å². The van der Waals surface area contributed by atoms with Gasteiger partial charge in [0, 0.05) is 9.90 Å². The van der Waals surface area contributed by atoms with Crippen molar-refractivity contribution in [1.29, 1.82) is 0 Å². The van der Waals surface area contributed by atoms with Crippen LogP contribution in [0.2, 0.25) is 5.02 Å². The van der Waals surface area contributed by atoms with Crippen LogP contribution in [0.3, 0.4) is 0 Å². The minimum atomic E-state index is -0.196. The number of aryl methyl sites for hydroxylation is 2. The van der Waals surface area contributed by atoms with Gasteiger partial charge in [0.05, 0.1) is 5.39 Å². The van der Waals surface area contributed by atoms with Crippen LogP contribution < -0.4 is 11.3 Å². The van der Waals surface area contributed by atoms with E-state index in [0.717, 1.165) is 26.6 Å². The topological polar surface area (TPSA) is 71.8 Å². The van der Waals surface area contributed by atoms with Gasteiger partial charge in [0.2, 0.25) is 5.95 Å². The predicted molar refractivity (Wildman–Crippen MR) is 84.6 cm³/mol. The highest BCUT2D eigenvalue weighted by Crippen LogP contribution is 2.36. The third kappa shape index (κ3) is 1.99. The number of hydrogen-bond acceptors (Lipinski definition) is 4. The summed E-state index contributed by atoms with van der Waals surface area (Å²) < 4.78 is 0. The van der Waals surface area contributed by atoms with Crippen molar-refractivity contribution in [1.82, 2.24) is 9.97 Å². The molecule has 0 bridgehead atoms. The molecule has 0 saturated heterocycles. The van der Waals surface area contributed by atoms with Crippen LogP contribution in [0.15, 0.2) is 23.0 Å². The molecule has 4 nitrogen and oxygen atoms in total. The summed E-state index contributed by atoms with van der Waals surface area (Å²) in [6.07, 6.45) is 0. The van der Waals surface area contributed by atoms with Crippen LogP contribution in [0.4, 0.5) is 5.95 Å². The summed E-state index contributed by atoms with van der Waals surface area (Å²) in [6.45, 7) is 3.88. The van der Waals surface area contributed by atoms with Crippen molar-refractivity contribution in [2.75, 3.05) is 5.73 Å². The number of anilines is 1. The Labute approximate surface area is 124 Å². The number of H-pyrrole nitrogens is 1. The molecule has 0 unspecified atom stereocenters. The lowest BCUT2D eigenvalue weighted by molar-refractivity contribution is 1.19. The Morgan fingerprint density at radius 1 is 1.35 bits per heavy atom. The first kappa shape index (κ1) is 13.1. The van der Waals surface area contributed by atoms with Gasteiger partial charge in [-0.2, -0.15) is 0 Å². The summed E-state index contributed by atoms with van der Waals surface area (Å²) in [5.74, 6) is 0.141. The van der Waals surface area contributed by atoms with Gasteiger partial charge in [-0.3, -0.25) is 9.78 Å². The number of hydrogen-bond donors (Lipinski definition) is 2. The number of aromatic amines is 1. The molecule has 20 heavy (non-hydrogen) atoms. The second-order valence-corrected chi connectivity index (χ2v) is 6.06. The van der Waals surface area contributed by atoms with Gasteiger partial charge in [-0.1, -0.05) is 17.7 Å². The van der Waals surface area contributed by atoms with Gasteiger partial charge in [0.15, 0.2) is 0 Å². The maximum Gasteiger partial charge on any atom is 0.261 e. The lowest BCUT2D eigenvalue weighted by Crippen LogP contribution is -2.10. The van der Waals surface area contributed by atoms with Crippen molar-refractivity contribution in [3.05, 3.63) is 44.7 Å². The summed E-state index contributed by atoms with van der Waals surface area (Å²) in [5.41, 5.74) is 8.35. The van der Waals surface area contributed by atoms with Crippen LogP contribution in [0, 0.1) is 13.8 Å². The summed E-state index contributed by atoms with van der Waals surface area (Å²) in [4.78, 5) is 20.4. The van der Waals surface area contributed by atoms with Crippen LogP contribution >= 0.6 is 22.9 Å². The molecule has 0 radical (unpaired) electrons. The summed E-state index contributed by atoms with van der Waals surface area (Å²) in [7, 11) is 0. The van der Waals surface area contributed by atoms with Gasteiger partial charge >= 0.3 is 0 Å². The van der Waals surface area contributed by atoms with E-state index in [9.17, 15) is 4.79 Å². The van der Waals surface area contributed by atoms with Gasteiger partial charge in [-0.05, 0) is 42.7 Å². The number of halogens is 1. The van der Waals surface area contributed by atoms with Gasteiger partial charge in [-0.25, -0.2) is 4.98 Å². The molecule has 0 amide bonds. The van der Waals surface area contributed by atoms with E-state index in [1.54, 1.807) is 0 Å². The molecular formula is C14H12ClN3OS. The first-order chi connectivity index (χ1) is 9.47. The van der Waals surface area contributed by atoms with E-state index in [0.29, 0.717) is 10.2 Å². The van der Waals surface area contributed by atoms with Crippen LogP contribution in [-0.2, 0) is 0 Å². The van der Waals surface area contributed by atoms with Crippen molar-refractivity contribution >= 4 is 39.1 Å². The van der Waals surface area contributed by atoms with E-state index in [1.807, 2.05) is 32.0 Å². The third-order valence-electron chi connectivity index (χ3n) is 3.24. The number of nitrogens with one attached hydrogen (secondary N) is 1. The minimum Gasteiger partial charge on any atom is -0.369 e. The Morgan fingerprint density at radius 3 is 2.80 bits per heavy atom. The van der Waals surface area contributed by atoms with Crippen molar-refractivity contribution in [2.24, 2.45) is 0 Å². The van der Waals surface area contributed by atoms with Crippen molar-refractivity contribution in [2.45, 2.75) is 13.8 Å². The smallest absolute Gasteiger partial charge is 0.261 e. The number of aromatic nitrogens is 2. The molecule has 2 aromatic heterocycles. The van der Waals surface area contributed by atoms with E-state index in [4.69, 9.17) is 17.3 Å². The molecule has 3 rings (SSSR count). The van der Waals surface area contributed by atoms with Crippen LogP contribution in [-0.4, -0.2) is 9.97 Å². The number of nitrogens with zero attached hydrogens (tertiary/aromatic N) is 1. The molecule has 2 heterocycles. The molecule has 1 aromatic carbocycles. The zero-order valence-electron chi connectivity index (χ0n) is 11.0. The molecule has 3 N–H and O–H groups in total. The number of nitrogens with two attached hydrogens (primary N) is 1. The second kappa shape index (κ2) is 4.61. The fourth-order valence-corrected chi connectivity index (χ4v) is 3.52. The van der Waals surface area contributed by atoms with Crippen molar-refractivity contribution in [3.63, 3.8) is 0 Å². The van der Waals surface area contributed by atoms with Crippen LogP contribution in [0.5, 0.6) is 0 Å². The standard InChI is InChI=1S/C14H12ClN3OS/c1-6-5-8(3-4-9(6)15)11-7(2)10-12(19)17-14(16)18-13(10)20-11/h3-5H,1-2H3,(H3,16,17,18,19). The first-order valence-corrected chi connectivity index (χ1v) is 7.22. The second-order valence-electron chi connectivity index (χ2n) is 4.65. The SMILES string of the molecule is Cc1cc(-c2sc3nc(N)[nH]c(=O)c3c2C)ccc1Cl. The Balaban J connectivity index is 2.32. The Kier molecular flexibility index (Phi) is 3.03. The average molecular weight is 306 g/mol. The van der Waals surface area contributed by atoms with Gasteiger partial charge in [-0.15, -0.1) is 11.3 Å². The van der Waals surface area contributed by atoms with Crippen LogP contribution in [0.25, 0.3) is 20.7 Å². The molecule has 0 aliphatic rings. The van der Waals surface area contributed by atoms with E-state index in [2.05, 4.69) is 9.97 Å². The molecule has 0 fully saturated rings. The molecule has 3 aromatic rings. The minimum absolute atomic E-state index is 0.141. The molecule has 0 atom stereocenters. The van der Waals surface area contributed by atoms with Gasteiger partial charge in [0.25, 0.3) is 5.56 Å².